The fourth-order valence-electron chi connectivity index (χ4n) is 7.58. The summed E-state index contributed by atoms with van der Waals surface area (Å²) in [6, 6.07) is 11.0. The van der Waals surface area contributed by atoms with E-state index in [1.165, 1.54) is 17.6 Å². The lowest BCUT2D eigenvalue weighted by Gasteiger charge is -2.60. The number of fused-ring (bicyclic) bond motifs is 5. The number of hydrogen-bond donors (Lipinski definition) is 1. The topological polar surface area (TPSA) is 37.3 Å². The van der Waals surface area contributed by atoms with Gasteiger partial charge in [0.15, 0.2) is 5.78 Å². The number of carbonyl (C=O) groups is 1. The highest BCUT2D eigenvalue weighted by molar-refractivity contribution is 5.91. The number of allylic oxidation sites excluding steroid dienone is 1. The van der Waals surface area contributed by atoms with Crippen molar-refractivity contribution in [2.45, 2.75) is 70.8 Å². The lowest BCUT2D eigenvalue weighted by atomic mass is 9.44. The third-order valence-corrected chi connectivity index (χ3v) is 9.19. The maximum atomic E-state index is 12.2. The Labute approximate surface area is 163 Å². The molecule has 7 unspecified atom stereocenters. The summed E-state index contributed by atoms with van der Waals surface area (Å²) in [6.45, 7) is 4.80. The summed E-state index contributed by atoms with van der Waals surface area (Å²) in [4.78, 5) is 12.2. The summed E-state index contributed by atoms with van der Waals surface area (Å²) in [7, 11) is 0. The third kappa shape index (κ3) is 2.45. The number of aliphatic hydroxyl groups excluding tert-OH is 1. The minimum Gasteiger partial charge on any atom is -0.393 e. The molecule has 1 N–H and O–H groups in total. The standard InChI is InChI=1S/C25H32O2/c1-24-12-10-18(26)14-17(24)15-19(16-6-4-3-5-7-16)23-20-8-9-22(27)25(20,2)13-11-21(23)24/h3-7,14,19-23,27H,8-13,15H2,1-2H3. The Kier molecular flexibility index (Phi) is 3.95. The van der Waals surface area contributed by atoms with E-state index in [4.69, 9.17) is 0 Å². The molecule has 0 radical (unpaired) electrons. The van der Waals surface area contributed by atoms with Crippen LogP contribution in [0.5, 0.6) is 0 Å². The van der Waals surface area contributed by atoms with Gasteiger partial charge in [-0.2, -0.15) is 0 Å². The lowest BCUT2D eigenvalue weighted by Crippen LogP contribution is -2.53. The van der Waals surface area contributed by atoms with Crippen LogP contribution in [0.3, 0.4) is 0 Å². The van der Waals surface area contributed by atoms with E-state index in [9.17, 15) is 9.90 Å². The van der Waals surface area contributed by atoms with Crippen LogP contribution < -0.4 is 0 Å². The van der Waals surface area contributed by atoms with E-state index in [1.54, 1.807) is 0 Å². The van der Waals surface area contributed by atoms with Gasteiger partial charge < -0.3 is 5.11 Å². The predicted molar refractivity (Wildman–Crippen MR) is 107 cm³/mol. The minimum atomic E-state index is -0.141. The number of ketones is 1. The minimum absolute atomic E-state index is 0.0796. The first-order valence-corrected chi connectivity index (χ1v) is 10.9. The van der Waals surface area contributed by atoms with Gasteiger partial charge in [-0.25, -0.2) is 0 Å². The van der Waals surface area contributed by atoms with Crippen molar-refractivity contribution in [2.75, 3.05) is 0 Å². The molecule has 27 heavy (non-hydrogen) atoms. The summed E-state index contributed by atoms with van der Waals surface area (Å²) in [5, 5.41) is 10.8. The van der Waals surface area contributed by atoms with Gasteiger partial charge in [0.25, 0.3) is 0 Å². The van der Waals surface area contributed by atoms with E-state index in [-0.39, 0.29) is 16.9 Å². The van der Waals surface area contributed by atoms with Gasteiger partial charge in [0.1, 0.15) is 0 Å². The van der Waals surface area contributed by atoms with E-state index < -0.39 is 0 Å². The zero-order valence-corrected chi connectivity index (χ0v) is 16.7. The maximum absolute atomic E-state index is 12.2. The van der Waals surface area contributed by atoms with E-state index in [1.807, 2.05) is 6.08 Å². The maximum Gasteiger partial charge on any atom is 0.155 e. The van der Waals surface area contributed by atoms with Gasteiger partial charge in [0, 0.05) is 6.42 Å². The Hall–Kier alpha value is -1.41. The Balaban J connectivity index is 1.63. The molecule has 3 saturated carbocycles. The molecule has 5 rings (SSSR count). The summed E-state index contributed by atoms with van der Waals surface area (Å²) < 4.78 is 0. The molecule has 144 valence electrons. The molecular weight excluding hydrogens is 332 g/mol. The smallest absolute Gasteiger partial charge is 0.155 e. The zero-order chi connectivity index (χ0) is 18.8. The van der Waals surface area contributed by atoms with Gasteiger partial charge in [-0.15, -0.1) is 0 Å². The van der Waals surface area contributed by atoms with Crippen molar-refractivity contribution < 1.29 is 9.90 Å². The number of hydrogen-bond acceptors (Lipinski definition) is 2. The monoisotopic (exact) mass is 364 g/mol. The molecule has 1 aromatic rings. The molecule has 0 aliphatic heterocycles. The van der Waals surface area contributed by atoms with E-state index in [0.29, 0.717) is 35.9 Å². The van der Waals surface area contributed by atoms with Gasteiger partial charge in [-0.1, -0.05) is 49.8 Å². The molecular formula is C25H32O2. The highest BCUT2D eigenvalue weighted by Crippen LogP contribution is 2.68. The first-order chi connectivity index (χ1) is 12.9. The van der Waals surface area contributed by atoms with Crippen molar-refractivity contribution in [3.63, 3.8) is 0 Å². The number of aliphatic hydroxyl groups is 1. The summed E-state index contributed by atoms with van der Waals surface area (Å²) in [6.07, 6.45) is 9.08. The molecule has 7 atom stereocenters. The SMILES string of the molecule is CC12CCC(=O)C=C1CC(c1ccccc1)C1C2CCC2(C)C(O)CCC12. The van der Waals surface area contributed by atoms with Crippen molar-refractivity contribution in [1.82, 2.24) is 0 Å². The molecule has 4 aliphatic carbocycles. The van der Waals surface area contributed by atoms with Crippen LogP contribution in [-0.4, -0.2) is 17.0 Å². The largest absolute Gasteiger partial charge is 0.393 e. The van der Waals surface area contributed by atoms with Crippen LogP contribution in [0.1, 0.15) is 70.3 Å². The van der Waals surface area contributed by atoms with E-state index >= 15 is 0 Å². The van der Waals surface area contributed by atoms with Crippen molar-refractivity contribution in [2.24, 2.45) is 28.6 Å². The summed E-state index contributed by atoms with van der Waals surface area (Å²) in [5.74, 6) is 2.67. The normalized spacial score (nSPS) is 46.3. The number of benzene rings is 1. The zero-order valence-electron chi connectivity index (χ0n) is 16.7. The summed E-state index contributed by atoms with van der Waals surface area (Å²) >= 11 is 0. The van der Waals surface area contributed by atoms with Gasteiger partial charge in [-0.05, 0) is 84.7 Å². The second-order valence-electron chi connectivity index (χ2n) is 10.2. The number of carbonyl (C=O) groups excluding carboxylic acids is 1. The van der Waals surface area contributed by atoms with Crippen LogP contribution in [0, 0.1) is 28.6 Å². The highest BCUT2D eigenvalue weighted by Gasteiger charge is 2.61. The van der Waals surface area contributed by atoms with Crippen molar-refractivity contribution >= 4 is 5.78 Å². The Morgan fingerprint density at radius 1 is 1.00 bits per heavy atom. The first-order valence-electron chi connectivity index (χ1n) is 10.9. The van der Waals surface area contributed by atoms with Crippen LogP contribution in [0.15, 0.2) is 42.0 Å². The molecule has 0 bridgehead atoms. The van der Waals surface area contributed by atoms with Crippen LogP contribution >= 0.6 is 0 Å². The molecule has 0 heterocycles. The number of rotatable bonds is 1. The second-order valence-corrected chi connectivity index (χ2v) is 10.2. The molecule has 4 aliphatic rings. The molecule has 1 aromatic carbocycles. The van der Waals surface area contributed by atoms with Crippen molar-refractivity contribution in [1.29, 1.82) is 0 Å². The van der Waals surface area contributed by atoms with Crippen molar-refractivity contribution in [3.8, 4) is 0 Å². The molecule has 0 aromatic heterocycles. The third-order valence-electron chi connectivity index (χ3n) is 9.19. The van der Waals surface area contributed by atoms with Gasteiger partial charge in [0.2, 0.25) is 0 Å². The fourth-order valence-corrected chi connectivity index (χ4v) is 7.58. The average Bonchev–Trinajstić information content (AvgIpc) is 2.98. The van der Waals surface area contributed by atoms with Crippen molar-refractivity contribution in [3.05, 3.63) is 47.5 Å². The van der Waals surface area contributed by atoms with Gasteiger partial charge in [-0.3, -0.25) is 4.79 Å². The summed E-state index contributed by atoms with van der Waals surface area (Å²) in [5.41, 5.74) is 3.10. The van der Waals surface area contributed by atoms with E-state index in [2.05, 4.69) is 44.2 Å². The van der Waals surface area contributed by atoms with Crippen LogP contribution in [0.4, 0.5) is 0 Å². The Morgan fingerprint density at radius 3 is 2.56 bits per heavy atom. The van der Waals surface area contributed by atoms with Crippen LogP contribution in [0.2, 0.25) is 0 Å². The Morgan fingerprint density at radius 2 is 1.78 bits per heavy atom. The predicted octanol–water partition coefficient (Wildman–Crippen LogP) is 5.27. The van der Waals surface area contributed by atoms with E-state index in [0.717, 1.165) is 32.1 Å². The Bertz CT molecular complexity index is 781. The fraction of sp³-hybridized carbons (Fsp3) is 0.640. The average molecular weight is 365 g/mol. The molecule has 3 fully saturated rings. The molecule has 0 amide bonds. The van der Waals surface area contributed by atoms with Crippen LogP contribution in [-0.2, 0) is 4.79 Å². The molecule has 2 nitrogen and oxygen atoms in total. The molecule has 0 spiro atoms. The highest BCUT2D eigenvalue weighted by atomic mass is 16.3. The lowest BCUT2D eigenvalue weighted by molar-refractivity contribution is -0.118. The quantitative estimate of drug-likeness (QED) is 0.737. The second kappa shape index (κ2) is 6.04. The van der Waals surface area contributed by atoms with Gasteiger partial charge >= 0.3 is 0 Å². The van der Waals surface area contributed by atoms with Crippen LogP contribution in [0.25, 0.3) is 0 Å². The van der Waals surface area contributed by atoms with Gasteiger partial charge in [0.05, 0.1) is 6.10 Å². The molecule has 2 heteroatoms. The first kappa shape index (κ1) is 17.7. The molecule has 0 saturated heterocycles.